The van der Waals surface area contributed by atoms with Gasteiger partial charge in [0.2, 0.25) is 23.6 Å². The van der Waals surface area contributed by atoms with Crippen molar-refractivity contribution in [3.05, 3.63) is 58.7 Å². The van der Waals surface area contributed by atoms with Gasteiger partial charge in [-0.25, -0.2) is 9.69 Å². The third kappa shape index (κ3) is 3.17. The minimum absolute atomic E-state index is 0.214. The number of aryl methyl sites for hydroxylation is 1. The summed E-state index contributed by atoms with van der Waals surface area (Å²) in [5, 5.41) is 6.08. The standard InChI is InChI=1S/C26H26N4O6/c1-4-36-24(34)14-6-8-15(9-7-14)30-22(32)19-17(11-18(27)31)29-26(20(19)23(30)33)16-10-5-12(2)13(3)21(16)28-25(26)35/h5-10,17,19-20,29H,4,11H2,1-3H3,(H2,27,31)(H,28,35)/t17-,19-,20+,26-/m1/s1. The van der Waals surface area contributed by atoms with Crippen LogP contribution in [0.5, 0.6) is 0 Å². The maximum absolute atomic E-state index is 13.9. The van der Waals surface area contributed by atoms with Crippen molar-refractivity contribution in [2.45, 2.75) is 38.8 Å². The van der Waals surface area contributed by atoms with Crippen molar-refractivity contribution in [2.24, 2.45) is 17.6 Å². The largest absolute Gasteiger partial charge is 0.462 e. The first-order valence-electron chi connectivity index (χ1n) is 11.7. The highest BCUT2D eigenvalue weighted by Crippen LogP contribution is 2.54. The van der Waals surface area contributed by atoms with Gasteiger partial charge < -0.3 is 15.8 Å². The summed E-state index contributed by atoms with van der Waals surface area (Å²) in [4.78, 5) is 66.1. The van der Waals surface area contributed by atoms with Crippen molar-refractivity contribution in [1.82, 2.24) is 5.32 Å². The lowest BCUT2D eigenvalue weighted by molar-refractivity contribution is -0.130. The molecule has 1 spiro atoms. The van der Waals surface area contributed by atoms with Gasteiger partial charge in [0, 0.05) is 23.7 Å². The fourth-order valence-electron chi connectivity index (χ4n) is 5.73. The average molecular weight is 491 g/mol. The number of fused-ring (bicyclic) bond motifs is 4. The maximum atomic E-state index is 13.9. The topological polar surface area (TPSA) is 148 Å². The zero-order chi connectivity index (χ0) is 25.9. The molecule has 0 bridgehead atoms. The predicted molar refractivity (Wildman–Crippen MR) is 129 cm³/mol. The molecule has 0 saturated carbocycles. The van der Waals surface area contributed by atoms with E-state index in [-0.39, 0.29) is 24.3 Å². The number of hydrogen-bond acceptors (Lipinski definition) is 7. The molecule has 10 heteroatoms. The van der Waals surface area contributed by atoms with Gasteiger partial charge in [-0.05, 0) is 56.2 Å². The van der Waals surface area contributed by atoms with Gasteiger partial charge in [-0.2, -0.15) is 0 Å². The van der Waals surface area contributed by atoms with Crippen LogP contribution in [0.25, 0.3) is 0 Å². The molecule has 0 aliphatic carbocycles. The van der Waals surface area contributed by atoms with Crippen LogP contribution in [0.15, 0.2) is 36.4 Å². The number of benzene rings is 2. The molecular weight excluding hydrogens is 464 g/mol. The number of anilines is 2. The lowest BCUT2D eigenvalue weighted by atomic mass is 9.76. The van der Waals surface area contributed by atoms with E-state index >= 15 is 0 Å². The fourth-order valence-corrected chi connectivity index (χ4v) is 5.73. The van der Waals surface area contributed by atoms with Crippen LogP contribution < -0.4 is 21.3 Å². The van der Waals surface area contributed by atoms with Gasteiger partial charge in [-0.3, -0.25) is 24.5 Å². The number of hydrogen-bond donors (Lipinski definition) is 3. The number of amides is 4. The summed E-state index contributed by atoms with van der Waals surface area (Å²) in [5.41, 5.74) is 7.49. The van der Waals surface area contributed by atoms with Crippen LogP contribution in [-0.4, -0.2) is 42.2 Å². The Balaban J connectivity index is 1.60. The molecule has 2 saturated heterocycles. The van der Waals surface area contributed by atoms with Gasteiger partial charge in [-0.15, -0.1) is 0 Å². The van der Waals surface area contributed by atoms with Crippen molar-refractivity contribution < 1.29 is 28.7 Å². The molecule has 10 nitrogen and oxygen atoms in total. The van der Waals surface area contributed by atoms with Gasteiger partial charge >= 0.3 is 5.97 Å². The molecule has 0 radical (unpaired) electrons. The average Bonchev–Trinajstić information content (AvgIpc) is 3.41. The Morgan fingerprint density at radius 2 is 1.75 bits per heavy atom. The van der Waals surface area contributed by atoms with Gasteiger partial charge in [0.05, 0.1) is 29.7 Å². The Labute approximate surface area is 207 Å². The van der Waals surface area contributed by atoms with Crippen LogP contribution in [-0.2, 0) is 29.5 Å². The van der Waals surface area contributed by atoms with Crippen molar-refractivity contribution in [3.63, 3.8) is 0 Å². The summed E-state index contributed by atoms with van der Waals surface area (Å²) in [5.74, 6) is -4.78. The SMILES string of the molecule is CCOC(=O)c1ccc(N2C(=O)[C@H]3[C@@H](C2=O)[C@@]2(N[C@@H]3CC(N)=O)C(=O)Nc3c2ccc(C)c3C)cc1. The lowest BCUT2D eigenvalue weighted by Crippen LogP contribution is -2.53. The van der Waals surface area contributed by atoms with E-state index in [4.69, 9.17) is 10.5 Å². The zero-order valence-electron chi connectivity index (χ0n) is 20.1. The van der Waals surface area contributed by atoms with E-state index in [2.05, 4.69) is 10.6 Å². The lowest BCUT2D eigenvalue weighted by Gasteiger charge is -2.29. The van der Waals surface area contributed by atoms with Crippen molar-refractivity contribution in [2.75, 3.05) is 16.8 Å². The normalized spacial score (nSPS) is 26.2. The number of carbonyl (C=O) groups is 5. The first kappa shape index (κ1) is 23.7. The highest BCUT2D eigenvalue weighted by atomic mass is 16.5. The minimum atomic E-state index is -1.52. The monoisotopic (exact) mass is 490 g/mol. The van der Waals surface area contributed by atoms with Crippen molar-refractivity contribution in [1.29, 1.82) is 0 Å². The summed E-state index contributed by atoms with van der Waals surface area (Å²) in [7, 11) is 0. The molecule has 0 unspecified atom stereocenters. The number of imide groups is 1. The number of ether oxygens (including phenoxy) is 1. The first-order chi connectivity index (χ1) is 17.1. The maximum Gasteiger partial charge on any atom is 0.338 e. The summed E-state index contributed by atoms with van der Waals surface area (Å²) in [6, 6.07) is 8.75. The van der Waals surface area contributed by atoms with E-state index < -0.39 is 53.0 Å². The number of carbonyl (C=O) groups excluding carboxylic acids is 5. The highest BCUT2D eigenvalue weighted by molar-refractivity contribution is 6.26. The molecule has 4 amide bonds. The van der Waals surface area contributed by atoms with Crippen molar-refractivity contribution >= 4 is 41.0 Å². The second-order valence-electron chi connectivity index (χ2n) is 9.40. The third-order valence-electron chi connectivity index (χ3n) is 7.48. The van der Waals surface area contributed by atoms with E-state index in [1.165, 1.54) is 24.3 Å². The van der Waals surface area contributed by atoms with Crippen LogP contribution >= 0.6 is 0 Å². The van der Waals surface area contributed by atoms with E-state index in [9.17, 15) is 24.0 Å². The molecule has 4 atom stereocenters. The second-order valence-corrected chi connectivity index (χ2v) is 9.40. The number of nitrogens with zero attached hydrogens (tertiary/aromatic N) is 1. The molecule has 4 N–H and O–H groups in total. The number of rotatable bonds is 5. The first-order valence-corrected chi connectivity index (χ1v) is 11.7. The van der Waals surface area contributed by atoms with Crippen LogP contribution in [0.3, 0.4) is 0 Å². The van der Waals surface area contributed by atoms with Gasteiger partial charge in [0.1, 0.15) is 5.54 Å². The Kier molecular flexibility index (Phi) is 5.44. The predicted octanol–water partition coefficient (Wildman–Crippen LogP) is 1.28. The van der Waals surface area contributed by atoms with Crippen LogP contribution in [0.2, 0.25) is 0 Å². The Hall–Kier alpha value is -4.05. The molecule has 36 heavy (non-hydrogen) atoms. The molecule has 3 aliphatic rings. The smallest absolute Gasteiger partial charge is 0.338 e. The summed E-state index contributed by atoms with van der Waals surface area (Å²) < 4.78 is 4.99. The Bertz CT molecular complexity index is 1340. The fraction of sp³-hybridized carbons (Fsp3) is 0.346. The summed E-state index contributed by atoms with van der Waals surface area (Å²) >= 11 is 0. The number of primary amides is 1. The molecule has 3 aliphatic heterocycles. The Morgan fingerprint density at radius 1 is 1.06 bits per heavy atom. The molecule has 2 fully saturated rings. The molecule has 3 heterocycles. The van der Waals surface area contributed by atoms with Crippen LogP contribution in [0, 0.1) is 25.7 Å². The van der Waals surface area contributed by atoms with Gasteiger partial charge in [-0.1, -0.05) is 12.1 Å². The summed E-state index contributed by atoms with van der Waals surface area (Å²) in [6.45, 7) is 5.70. The molecule has 5 rings (SSSR count). The van der Waals surface area contributed by atoms with E-state index in [1.807, 2.05) is 19.9 Å². The third-order valence-corrected chi connectivity index (χ3v) is 7.48. The molecule has 2 aromatic rings. The summed E-state index contributed by atoms with van der Waals surface area (Å²) in [6.07, 6.45) is -0.217. The zero-order valence-corrected chi connectivity index (χ0v) is 20.1. The molecule has 2 aromatic carbocycles. The van der Waals surface area contributed by atoms with E-state index in [1.54, 1.807) is 13.0 Å². The van der Waals surface area contributed by atoms with E-state index in [0.717, 1.165) is 16.0 Å². The number of esters is 1. The molecule has 0 aromatic heterocycles. The molecule has 186 valence electrons. The minimum Gasteiger partial charge on any atom is -0.462 e. The van der Waals surface area contributed by atoms with E-state index in [0.29, 0.717) is 11.3 Å². The number of nitrogens with two attached hydrogens (primary N) is 1. The van der Waals surface area contributed by atoms with Gasteiger partial charge in [0.25, 0.3) is 0 Å². The second kappa shape index (κ2) is 8.27. The highest BCUT2D eigenvalue weighted by Gasteiger charge is 2.70. The van der Waals surface area contributed by atoms with Crippen LogP contribution in [0.4, 0.5) is 11.4 Å². The quantitative estimate of drug-likeness (QED) is 0.422. The number of nitrogens with one attached hydrogen (secondary N) is 2. The molecular formula is C26H26N4O6. The van der Waals surface area contributed by atoms with Crippen LogP contribution in [0.1, 0.15) is 40.4 Å². The van der Waals surface area contributed by atoms with Crippen molar-refractivity contribution in [3.8, 4) is 0 Å². The Morgan fingerprint density at radius 3 is 2.39 bits per heavy atom. The van der Waals surface area contributed by atoms with Gasteiger partial charge in [0.15, 0.2) is 0 Å².